The lowest BCUT2D eigenvalue weighted by molar-refractivity contribution is 0.0519. The summed E-state index contributed by atoms with van der Waals surface area (Å²) in [5, 5.41) is 6.38. The molecule has 1 heterocycles. The van der Waals surface area contributed by atoms with Crippen LogP contribution in [0.1, 0.15) is 40.0 Å². The quantitative estimate of drug-likeness (QED) is 0.871. The zero-order valence-corrected chi connectivity index (χ0v) is 14.4. The maximum Gasteiger partial charge on any atom is 0.407 e. The molecule has 2 atom stereocenters. The highest BCUT2D eigenvalue weighted by Crippen LogP contribution is 2.28. The van der Waals surface area contributed by atoms with Gasteiger partial charge in [0.15, 0.2) is 0 Å². The van der Waals surface area contributed by atoms with E-state index in [0.717, 1.165) is 24.9 Å². The van der Waals surface area contributed by atoms with Crippen molar-refractivity contribution in [1.29, 1.82) is 0 Å². The molecule has 0 aromatic carbocycles. The van der Waals surface area contributed by atoms with Crippen molar-refractivity contribution in [3.63, 3.8) is 0 Å². The van der Waals surface area contributed by atoms with Crippen LogP contribution in [0.4, 0.5) is 10.5 Å². The van der Waals surface area contributed by atoms with Gasteiger partial charge in [0, 0.05) is 18.7 Å². The summed E-state index contributed by atoms with van der Waals surface area (Å²) < 4.78 is 10.3. The summed E-state index contributed by atoms with van der Waals surface area (Å²) in [6, 6.07) is 4.13. The Labute approximate surface area is 138 Å². The minimum absolute atomic E-state index is 0.333. The largest absolute Gasteiger partial charge is 0.481 e. The molecular formula is C17H27N3O3. The number of methoxy groups -OCH3 is 1. The highest BCUT2D eigenvalue weighted by atomic mass is 16.6. The number of ether oxygens (including phenoxy) is 2. The van der Waals surface area contributed by atoms with E-state index in [0.29, 0.717) is 24.4 Å². The van der Waals surface area contributed by atoms with E-state index in [4.69, 9.17) is 9.47 Å². The van der Waals surface area contributed by atoms with E-state index in [9.17, 15) is 4.79 Å². The highest BCUT2D eigenvalue weighted by Gasteiger charge is 2.28. The minimum Gasteiger partial charge on any atom is -0.481 e. The SMILES string of the molecule is COc1ccc(NC2CCCC2CNC(=O)OC(C)(C)C)cn1. The summed E-state index contributed by atoms with van der Waals surface area (Å²) in [5.74, 6) is 0.995. The van der Waals surface area contributed by atoms with Gasteiger partial charge in [0.1, 0.15) is 5.60 Å². The van der Waals surface area contributed by atoms with E-state index < -0.39 is 5.60 Å². The molecule has 0 radical (unpaired) electrons. The fourth-order valence-corrected chi connectivity index (χ4v) is 2.80. The van der Waals surface area contributed by atoms with Gasteiger partial charge in [0.25, 0.3) is 0 Å². The molecule has 1 aromatic heterocycles. The van der Waals surface area contributed by atoms with Gasteiger partial charge in [-0.15, -0.1) is 0 Å². The molecule has 2 N–H and O–H groups in total. The number of pyridine rings is 1. The summed E-state index contributed by atoms with van der Waals surface area (Å²) in [6.45, 7) is 6.21. The molecule has 6 heteroatoms. The van der Waals surface area contributed by atoms with E-state index in [1.807, 2.05) is 32.9 Å². The molecule has 23 heavy (non-hydrogen) atoms. The van der Waals surface area contributed by atoms with E-state index in [2.05, 4.69) is 15.6 Å². The first-order valence-electron chi connectivity index (χ1n) is 8.11. The summed E-state index contributed by atoms with van der Waals surface area (Å²) in [5.41, 5.74) is 0.506. The summed E-state index contributed by atoms with van der Waals surface area (Å²) in [7, 11) is 1.60. The van der Waals surface area contributed by atoms with Gasteiger partial charge in [0.2, 0.25) is 5.88 Å². The third-order valence-electron chi connectivity index (χ3n) is 3.86. The Morgan fingerprint density at radius 2 is 2.13 bits per heavy atom. The van der Waals surface area contributed by atoms with Crippen molar-refractivity contribution in [2.24, 2.45) is 5.92 Å². The predicted molar refractivity (Wildman–Crippen MR) is 89.8 cm³/mol. The second-order valence-electron chi connectivity index (χ2n) is 6.91. The molecule has 0 saturated heterocycles. The standard InChI is InChI=1S/C17H27N3O3/c1-17(2,3)23-16(21)19-10-12-6-5-7-14(12)20-13-8-9-15(22-4)18-11-13/h8-9,11-12,14,20H,5-7,10H2,1-4H3,(H,19,21). The van der Waals surface area contributed by atoms with Crippen molar-refractivity contribution in [1.82, 2.24) is 10.3 Å². The molecule has 1 aliphatic rings. The number of carbonyl (C=O) groups excluding carboxylic acids is 1. The van der Waals surface area contributed by atoms with Crippen molar-refractivity contribution in [3.05, 3.63) is 18.3 Å². The van der Waals surface area contributed by atoms with Crippen LogP contribution in [0.15, 0.2) is 18.3 Å². The average Bonchev–Trinajstić information content (AvgIpc) is 2.91. The first kappa shape index (κ1) is 17.4. The lowest BCUT2D eigenvalue weighted by atomic mass is 10.0. The van der Waals surface area contributed by atoms with Crippen molar-refractivity contribution < 1.29 is 14.3 Å². The molecule has 1 amide bonds. The zero-order chi connectivity index (χ0) is 16.9. The molecule has 128 valence electrons. The van der Waals surface area contributed by atoms with Crippen LogP contribution in [0.5, 0.6) is 5.88 Å². The van der Waals surface area contributed by atoms with Crippen LogP contribution < -0.4 is 15.4 Å². The molecule has 2 unspecified atom stereocenters. The second kappa shape index (κ2) is 7.53. The first-order chi connectivity index (χ1) is 10.9. The van der Waals surface area contributed by atoms with Gasteiger partial charge in [-0.2, -0.15) is 0 Å². The number of rotatable bonds is 5. The zero-order valence-electron chi connectivity index (χ0n) is 14.4. The molecule has 1 aliphatic carbocycles. The normalized spacial score (nSPS) is 20.9. The second-order valence-corrected chi connectivity index (χ2v) is 6.91. The van der Waals surface area contributed by atoms with Gasteiger partial charge in [-0.3, -0.25) is 0 Å². The molecule has 1 aromatic rings. The fourth-order valence-electron chi connectivity index (χ4n) is 2.80. The molecule has 6 nitrogen and oxygen atoms in total. The summed E-state index contributed by atoms with van der Waals surface area (Å²) >= 11 is 0. The molecule has 0 aliphatic heterocycles. The lowest BCUT2D eigenvalue weighted by Gasteiger charge is -2.24. The van der Waals surface area contributed by atoms with Crippen molar-refractivity contribution in [3.8, 4) is 5.88 Å². The van der Waals surface area contributed by atoms with Crippen LogP contribution in [0.25, 0.3) is 0 Å². The molecule has 1 saturated carbocycles. The maximum atomic E-state index is 11.8. The number of hydrogen-bond donors (Lipinski definition) is 2. The van der Waals surface area contributed by atoms with Crippen molar-refractivity contribution in [2.75, 3.05) is 19.0 Å². The van der Waals surface area contributed by atoms with Crippen molar-refractivity contribution in [2.45, 2.75) is 51.7 Å². The topological polar surface area (TPSA) is 72.5 Å². The number of carbonyl (C=O) groups is 1. The van der Waals surface area contributed by atoms with E-state index in [-0.39, 0.29) is 6.09 Å². The van der Waals surface area contributed by atoms with Crippen LogP contribution in [0.2, 0.25) is 0 Å². The van der Waals surface area contributed by atoms with Gasteiger partial charge < -0.3 is 20.1 Å². The number of amides is 1. The maximum absolute atomic E-state index is 11.8. The highest BCUT2D eigenvalue weighted by molar-refractivity contribution is 5.67. The molecule has 2 rings (SSSR count). The van der Waals surface area contributed by atoms with Gasteiger partial charge >= 0.3 is 6.09 Å². The fraction of sp³-hybridized carbons (Fsp3) is 0.647. The van der Waals surface area contributed by atoms with Crippen LogP contribution >= 0.6 is 0 Å². The third kappa shape index (κ3) is 5.62. The molecular weight excluding hydrogens is 294 g/mol. The average molecular weight is 321 g/mol. The lowest BCUT2D eigenvalue weighted by Crippen LogP contribution is -2.38. The third-order valence-corrected chi connectivity index (χ3v) is 3.86. The number of aromatic nitrogens is 1. The van der Waals surface area contributed by atoms with Crippen LogP contribution in [0.3, 0.4) is 0 Å². The Balaban J connectivity index is 1.83. The number of nitrogens with zero attached hydrogens (tertiary/aromatic N) is 1. The Hall–Kier alpha value is -1.98. The Kier molecular flexibility index (Phi) is 5.69. The van der Waals surface area contributed by atoms with Crippen molar-refractivity contribution >= 4 is 11.8 Å². The van der Waals surface area contributed by atoms with Gasteiger partial charge in [-0.1, -0.05) is 6.42 Å². The molecule has 0 spiro atoms. The van der Waals surface area contributed by atoms with E-state index in [1.54, 1.807) is 13.3 Å². The predicted octanol–water partition coefficient (Wildman–Crippen LogP) is 3.20. The van der Waals surface area contributed by atoms with Gasteiger partial charge in [0.05, 0.1) is 19.0 Å². The summed E-state index contributed by atoms with van der Waals surface area (Å²) in [6.07, 6.45) is 4.76. The molecule has 0 bridgehead atoms. The number of nitrogens with one attached hydrogen (secondary N) is 2. The summed E-state index contributed by atoms with van der Waals surface area (Å²) in [4.78, 5) is 16.0. The monoisotopic (exact) mass is 321 g/mol. The van der Waals surface area contributed by atoms with Gasteiger partial charge in [-0.05, 0) is 45.6 Å². The smallest absolute Gasteiger partial charge is 0.407 e. The van der Waals surface area contributed by atoms with E-state index >= 15 is 0 Å². The first-order valence-corrected chi connectivity index (χ1v) is 8.11. The number of anilines is 1. The number of alkyl carbamates (subject to hydrolysis) is 1. The van der Waals surface area contributed by atoms with Crippen LogP contribution in [-0.4, -0.2) is 36.4 Å². The Bertz CT molecular complexity index is 511. The van der Waals surface area contributed by atoms with Crippen LogP contribution in [-0.2, 0) is 4.74 Å². The number of hydrogen-bond acceptors (Lipinski definition) is 5. The molecule has 1 fully saturated rings. The van der Waals surface area contributed by atoms with E-state index in [1.165, 1.54) is 0 Å². The Morgan fingerprint density at radius 3 is 2.74 bits per heavy atom. The van der Waals surface area contributed by atoms with Crippen LogP contribution in [0, 0.1) is 5.92 Å². The van der Waals surface area contributed by atoms with Gasteiger partial charge in [-0.25, -0.2) is 9.78 Å². The minimum atomic E-state index is -0.466. The Morgan fingerprint density at radius 1 is 1.35 bits per heavy atom.